The number of cyclic esters (lactones) is 1. The van der Waals surface area contributed by atoms with E-state index < -0.39 is 17.4 Å². The largest absolute Gasteiger partial charge is 0.447 e. The van der Waals surface area contributed by atoms with Crippen molar-refractivity contribution >= 4 is 41.3 Å². The highest BCUT2D eigenvalue weighted by molar-refractivity contribution is 6.31. The Morgan fingerprint density at radius 1 is 1.34 bits per heavy atom. The molecule has 1 radical (unpaired) electrons. The van der Waals surface area contributed by atoms with Gasteiger partial charge in [-0.1, -0.05) is 11.6 Å². The van der Waals surface area contributed by atoms with E-state index in [9.17, 15) is 14.4 Å². The fourth-order valence-corrected chi connectivity index (χ4v) is 4.21. The van der Waals surface area contributed by atoms with Gasteiger partial charge in [0.05, 0.1) is 18.0 Å². The molecule has 2 aromatic carbocycles. The standard InChI is InChI=1S/C21H19ClN3O4/c1-21(19(23)27)10-18(24-17-5-2-12(11-26)8-15(17)21)14-9-13(3-4-16(14)22)25-6-7-29-20(25)28/h2-5,8-9,18,24H,6-7,10H2,1H3,(H2,23,27). The first-order chi connectivity index (χ1) is 13.8. The van der Waals surface area contributed by atoms with E-state index in [2.05, 4.69) is 5.32 Å². The third-order valence-electron chi connectivity index (χ3n) is 5.65. The van der Waals surface area contributed by atoms with Gasteiger partial charge >= 0.3 is 6.09 Å². The second-order valence-corrected chi connectivity index (χ2v) is 7.84. The number of nitrogens with zero attached hydrogens (tertiary/aromatic N) is 1. The highest BCUT2D eigenvalue weighted by Gasteiger charge is 2.42. The molecule has 2 aliphatic rings. The van der Waals surface area contributed by atoms with Gasteiger partial charge in [0.1, 0.15) is 6.61 Å². The van der Waals surface area contributed by atoms with Crippen LogP contribution in [0.5, 0.6) is 0 Å². The number of nitrogens with one attached hydrogen (secondary N) is 1. The summed E-state index contributed by atoms with van der Waals surface area (Å²) in [5, 5.41) is 3.89. The van der Waals surface area contributed by atoms with Crippen LogP contribution in [0.1, 0.15) is 36.1 Å². The number of rotatable bonds is 4. The number of primary amides is 1. The predicted octanol–water partition coefficient (Wildman–Crippen LogP) is 3.05. The Labute approximate surface area is 172 Å². The van der Waals surface area contributed by atoms with E-state index in [4.69, 9.17) is 22.1 Å². The average molecular weight is 413 g/mol. The van der Waals surface area contributed by atoms with Crippen LogP contribution >= 0.6 is 11.6 Å². The SMILES string of the molecule is CC1(C(N)=O)CC(c2cc(N3CCOC3=O)ccc2Cl)Nc2ccc([C]=O)cc21. The lowest BCUT2D eigenvalue weighted by molar-refractivity contribution is -0.123. The summed E-state index contributed by atoms with van der Waals surface area (Å²) in [5.41, 5.74) is 7.87. The summed E-state index contributed by atoms with van der Waals surface area (Å²) >= 11 is 6.48. The number of halogens is 1. The van der Waals surface area contributed by atoms with Gasteiger partial charge in [-0.25, -0.2) is 4.79 Å². The minimum Gasteiger partial charge on any atom is -0.447 e. The summed E-state index contributed by atoms with van der Waals surface area (Å²) in [6, 6.07) is 9.98. The highest BCUT2D eigenvalue weighted by atomic mass is 35.5. The molecule has 2 aromatic rings. The maximum atomic E-state index is 12.4. The van der Waals surface area contributed by atoms with Crippen molar-refractivity contribution in [2.45, 2.75) is 24.8 Å². The van der Waals surface area contributed by atoms with Crippen molar-refractivity contribution in [3.05, 3.63) is 58.1 Å². The maximum Gasteiger partial charge on any atom is 0.414 e. The van der Waals surface area contributed by atoms with E-state index in [1.54, 1.807) is 37.3 Å². The third-order valence-corrected chi connectivity index (χ3v) is 5.99. The molecule has 2 amide bonds. The van der Waals surface area contributed by atoms with Crippen molar-refractivity contribution in [3.8, 4) is 0 Å². The zero-order valence-electron chi connectivity index (χ0n) is 15.7. The average Bonchev–Trinajstić information content (AvgIpc) is 3.14. The molecule has 2 unspecified atom stereocenters. The van der Waals surface area contributed by atoms with Gasteiger partial charge < -0.3 is 15.8 Å². The third kappa shape index (κ3) is 3.21. The number of carbonyl (C=O) groups excluding carboxylic acids is 3. The Morgan fingerprint density at radius 2 is 2.14 bits per heavy atom. The predicted molar refractivity (Wildman–Crippen MR) is 109 cm³/mol. The lowest BCUT2D eigenvalue weighted by atomic mass is 9.71. The molecule has 7 nitrogen and oxygen atoms in total. The summed E-state index contributed by atoms with van der Waals surface area (Å²) in [6.07, 6.45) is 1.78. The summed E-state index contributed by atoms with van der Waals surface area (Å²) in [6.45, 7) is 2.55. The molecular formula is C21H19ClN3O4. The molecule has 29 heavy (non-hydrogen) atoms. The first-order valence-corrected chi connectivity index (χ1v) is 9.54. The van der Waals surface area contributed by atoms with Crippen LogP contribution in [-0.2, 0) is 19.7 Å². The van der Waals surface area contributed by atoms with Crippen LogP contribution in [0, 0.1) is 0 Å². The number of amides is 2. The zero-order valence-corrected chi connectivity index (χ0v) is 16.5. The molecule has 8 heteroatoms. The number of benzene rings is 2. The lowest BCUT2D eigenvalue weighted by Gasteiger charge is -2.39. The van der Waals surface area contributed by atoms with E-state index in [1.165, 1.54) is 4.90 Å². The van der Waals surface area contributed by atoms with E-state index in [0.717, 1.165) is 5.56 Å². The van der Waals surface area contributed by atoms with Crippen LogP contribution in [0.25, 0.3) is 0 Å². The van der Waals surface area contributed by atoms with Gasteiger partial charge in [0, 0.05) is 22.0 Å². The van der Waals surface area contributed by atoms with Crippen LogP contribution in [0.3, 0.4) is 0 Å². The first-order valence-electron chi connectivity index (χ1n) is 9.16. The van der Waals surface area contributed by atoms with Crippen LogP contribution in [-0.4, -0.2) is 31.4 Å². The quantitative estimate of drug-likeness (QED) is 0.803. The number of carbonyl (C=O) groups is 2. The number of anilines is 2. The Kier molecular flexibility index (Phi) is 4.70. The van der Waals surface area contributed by atoms with Crippen molar-refractivity contribution in [2.75, 3.05) is 23.4 Å². The van der Waals surface area contributed by atoms with Crippen molar-refractivity contribution in [3.63, 3.8) is 0 Å². The molecule has 4 rings (SSSR count). The molecule has 2 aliphatic heterocycles. The molecule has 0 bridgehead atoms. The molecule has 2 heterocycles. The first kappa shape index (κ1) is 19.3. The molecule has 2 atom stereocenters. The van der Waals surface area contributed by atoms with Crippen LogP contribution in [0.2, 0.25) is 5.02 Å². The van der Waals surface area contributed by atoms with Gasteiger partial charge in [-0.05, 0) is 60.9 Å². The number of nitrogens with two attached hydrogens (primary N) is 1. The Hall–Kier alpha value is -3.06. The number of fused-ring (bicyclic) bond motifs is 1. The molecular weight excluding hydrogens is 394 g/mol. The molecule has 1 saturated heterocycles. The summed E-state index contributed by atoms with van der Waals surface area (Å²) in [7, 11) is 0. The second-order valence-electron chi connectivity index (χ2n) is 7.43. The fourth-order valence-electron chi connectivity index (χ4n) is 3.96. The van der Waals surface area contributed by atoms with Gasteiger partial charge in [0.15, 0.2) is 0 Å². The highest BCUT2D eigenvalue weighted by Crippen LogP contribution is 2.46. The molecule has 0 spiro atoms. The lowest BCUT2D eigenvalue weighted by Crippen LogP contribution is -2.44. The monoisotopic (exact) mass is 412 g/mol. The Morgan fingerprint density at radius 3 is 2.79 bits per heavy atom. The molecule has 0 saturated carbocycles. The topological polar surface area (TPSA) is 102 Å². The van der Waals surface area contributed by atoms with Crippen molar-refractivity contribution in [2.24, 2.45) is 5.73 Å². The fraction of sp³-hybridized carbons (Fsp3) is 0.286. The molecule has 3 N–H and O–H groups in total. The smallest absolute Gasteiger partial charge is 0.414 e. The van der Waals surface area contributed by atoms with Gasteiger partial charge in [0.2, 0.25) is 12.2 Å². The van der Waals surface area contributed by atoms with Crippen molar-refractivity contribution < 1.29 is 19.1 Å². The molecule has 1 fully saturated rings. The van der Waals surface area contributed by atoms with E-state index in [0.29, 0.717) is 47.1 Å². The minimum atomic E-state index is -1.01. The molecule has 0 aliphatic carbocycles. The summed E-state index contributed by atoms with van der Waals surface area (Å²) < 4.78 is 5.01. The Bertz CT molecular complexity index is 1020. The molecule has 149 valence electrons. The maximum absolute atomic E-state index is 12.4. The molecule has 0 aromatic heterocycles. The number of hydrogen-bond donors (Lipinski definition) is 2. The van der Waals surface area contributed by atoms with Crippen molar-refractivity contribution in [1.82, 2.24) is 0 Å². The van der Waals surface area contributed by atoms with Gasteiger partial charge in [-0.2, -0.15) is 0 Å². The van der Waals surface area contributed by atoms with Crippen LogP contribution in [0.15, 0.2) is 36.4 Å². The number of hydrogen-bond acceptors (Lipinski definition) is 5. The minimum absolute atomic E-state index is 0.322. The van der Waals surface area contributed by atoms with E-state index in [-0.39, 0.29) is 6.04 Å². The van der Waals surface area contributed by atoms with Crippen LogP contribution in [0.4, 0.5) is 16.2 Å². The Balaban J connectivity index is 1.77. The van der Waals surface area contributed by atoms with E-state index >= 15 is 0 Å². The van der Waals surface area contributed by atoms with Crippen molar-refractivity contribution in [1.29, 1.82) is 0 Å². The summed E-state index contributed by atoms with van der Waals surface area (Å²) in [5.74, 6) is -0.497. The second kappa shape index (κ2) is 7.08. The number of ether oxygens (including phenoxy) is 1. The van der Waals surface area contributed by atoms with Gasteiger partial charge in [-0.3, -0.25) is 14.5 Å². The van der Waals surface area contributed by atoms with E-state index in [1.807, 2.05) is 12.4 Å². The normalized spacial score (nSPS) is 23.2. The van der Waals surface area contributed by atoms with Crippen LogP contribution < -0.4 is 16.0 Å². The van der Waals surface area contributed by atoms with Gasteiger partial charge in [0.25, 0.3) is 0 Å². The van der Waals surface area contributed by atoms with Gasteiger partial charge in [-0.15, -0.1) is 0 Å². The summed E-state index contributed by atoms with van der Waals surface area (Å²) in [4.78, 5) is 36.9. The zero-order chi connectivity index (χ0) is 20.8.